The van der Waals surface area contributed by atoms with E-state index >= 15 is 0 Å². The van der Waals surface area contributed by atoms with Gasteiger partial charge in [0.15, 0.2) is 5.65 Å². The first-order valence-electron chi connectivity index (χ1n) is 8.13. The van der Waals surface area contributed by atoms with Crippen LogP contribution in [0.15, 0.2) is 12.1 Å². The summed E-state index contributed by atoms with van der Waals surface area (Å²) in [5.41, 5.74) is 2.43. The summed E-state index contributed by atoms with van der Waals surface area (Å²) < 4.78 is 29.6. The van der Waals surface area contributed by atoms with Crippen LogP contribution in [0.2, 0.25) is 0 Å². The van der Waals surface area contributed by atoms with Gasteiger partial charge in [-0.2, -0.15) is 22.1 Å². The lowest BCUT2D eigenvalue weighted by Gasteiger charge is -2.40. The van der Waals surface area contributed by atoms with Gasteiger partial charge in [-0.3, -0.25) is 4.68 Å². The highest BCUT2D eigenvalue weighted by Gasteiger charge is 2.39. The van der Waals surface area contributed by atoms with Gasteiger partial charge in [-0.15, -0.1) is 0 Å². The van der Waals surface area contributed by atoms with Gasteiger partial charge in [-0.1, -0.05) is 6.92 Å². The molecule has 3 heterocycles. The zero-order valence-electron chi connectivity index (χ0n) is 14.9. The maximum atomic E-state index is 12.5. The quantitative estimate of drug-likeness (QED) is 0.839. The van der Waals surface area contributed by atoms with Crippen molar-refractivity contribution in [3.05, 3.63) is 23.5 Å². The van der Waals surface area contributed by atoms with Crippen molar-refractivity contribution in [1.29, 1.82) is 0 Å². The molecule has 1 aliphatic rings. The Kier molecular flexibility index (Phi) is 4.17. The standard InChI is InChI=1S/C16H25N5O2S/c1-12-13-7-8-14(17-15(13)20(5)18-12)16(2)9-6-10-21(11-16)24(22,23)19(3)4/h7-8H,6,9-11H2,1-5H3. The van der Waals surface area contributed by atoms with Gasteiger partial charge in [0, 0.05) is 45.0 Å². The highest BCUT2D eigenvalue weighted by atomic mass is 32.2. The molecule has 2 aromatic heterocycles. The molecule has 1 fully saturated rings. The largest absolute Gasteiger partial charge is 0.281 e. The summed E-state index contributed by atoms with van der Waals surface area (Å²) in [7, 11) is 1.63. The zero-order chi connectivity index (χ0) is 17.7. The number of fused-ring (bicyclic) bond motifs is 1. The Labute approximate surface area is 143 Å². The van der Waals surface area contributed by atoms with E-state index in [-0.39, 0.29) is 5.41 Å². The number of nitrogens with zero attached hydrogens (tertiary/aromatic N) is 5. The van der Waals surface area contributed by atoms with Gasteiger partial charge in [0.05, 0.1) is 11.4 Å². The molecule has 1 atom stereocenters. The molecule has 0 saturated carbocycles. The monoisotopic (exact) mass is 351 g/mol. The van der Waals surface area contributed by atoms with Crippen molar-refractivity contribution < 1.29 is 8.42 Å². The van der Waals surface area contributed by atoms with Crippen molar-refractivity contribution in [2.45, 2.75) is 32.1 Å². The molecule has 132 valence electrons. The topological polar surface area (TPSA) is 71.3 Å². The summed E-state index contributed by atoms with van der Waals surface area (Å²) >= 11 is 0. The average Bonchev–Trinajstić information content (AvgIpc) is 2.81. The van der Waals surface area contributed by atoms with Crippen LogP contribution in [0.4, 0.5) is 0 Å². The second-order valence-corrected chi connectivity index (χ2v) is 9.21. The maximum Gasteiger partial charge on any atom is 0.281 e. The fourth-order valence-electron chi connectivity index (χ4n) is 3.47. The van der Waals surface area contributed by atoms with Crippen molar-refractivity contribution in [1.82, 2.24) is 23.4 Å². The summed E-state index contributed by atoms with van der Waals surface area (Å²) in [5.74, 6) is 0. The molecular weight excluding hydrogens is 326 g/mol. The molecule has 0 radical (unpaired) electrons. The molecule has 0 amide bonds. The Morgan fingerprint density at radius 1 is 1.29 bits per heavy atom. The molecule has 24 heavy (non-hydrogen) atoms. The van der Waals surface area contributed by atoms with Gasteiger partial charge in [-0.05, 0) is 31.9 Å². The van der Waals surface area contributed by atoms with Crippen LogP contribution in [0.3, 0.4) is 0 Å². The molecule has 3 rings (SSSR count). The molecule has 7 nitrogen and oxygen atoms in total. The number of aryl methyl sites for hydroxylation is 2. The number of hydrogen-bond acceptors (Lipinski definition) is 4. The van der Waals surface area contributed by atoms with Gasteiger partial charge in [0.25, 0.3) is 10.2 Å². The Balaban J connectivity index is 2.00. The first-order valence-corrected chi connectivity index (χ1v) is 9.53. The summed E-state index contributed by atoms with van der Waals surface area (Å²) in [6.45, 7) is 5.07. The molecule has 2 aromatic rings. The molecule has 1 unspecified atom stereocenters. The Hall–Kier alpha value is -1.51. The predicted octanol–water partition coefficient (Wildman–Crippen LogP) is 1.44. The van der Waals surface area contributed by atoms with Gasteiger partial charge in [-0.25, -0.2) is 4.98 Å². The number of rotatable bonds is 3. The van der Waals surface area contributed by atoms with Crippen LogP contribution in [0.25, 0.3) is 11.0 Å². The lowest BCUT2D eigenvalue weighted by Crippen LogP contribution is -2.50. The Morgan fingerprint density at radius 2 is 2.00 bits per heavy atom. The van der Waals surface area contributed by atoms with Gasteiger partial charge < -0.3 is 0 Å². The van der Waals surface area contributed by atoms with Crippen molar-refractivity contribution in [3.63, 3.8) is 0 Å². The highest BCUT2D eigenvalue weighted by molar-refractivity contribution is 7.86. The van der Waals surface area contributed by atoms with E-state index in [1.807, 2.05) is 26.1 Å². The van der Waals surface area contributed by atoms with Crippen molar-refractivity contribution in [2.75, 3.05) is 27.2 Å². The van der Waals surface area contributed by atoms with Crippen molar-refractivity contribution in [3.8, 4) is 0 Å². The van der Waals surface area contributed by atoms with E-state index in [2.05, 4.69) is 12.0 Å². The summed E-state index contributed by atoms with van der Waals surface area (Å²) in [4.78, 5) is 4.82. The molecule has 1 saturated heterocycles. The van der Waals surface area contributed by atoms with Crippen LogP contribution in [-0.2, 0) is 22.7 Å². The second kappa shape index (κ2) is 5.79. The van der Waals surface area contributed by atoms with Crippen LogP contribution in [-0.4, -0.2) is 59.0 Å². The third-order valence-electron chi connectivity index (χ3n) is 4.94. The first kappa shape index (κ1) is 17.3. The predicted molar refractivity (Wildman–Crippen MR) is 94.0 cm³/mol. The van der Waals surface area contributed by atoms with Gasteiger partial charge in [0.1, 0.15) is 0 Å². The van der Waals surface area contributed by atoms with Crippen molar-refractivity contribution in [2.24, 2.45) is 7.05 Å². The van der Waals surface area contributed by atoms with Crippen LogP contribution < -0.4 is 0 Å². The minimum atomic E-state index is -3.40. The zero-order valence-corrected chi connectivity index (χ0v) is 15.8. The number of aromatic nitrogens is 3. The van der Waals surface area contributed by atoms with E-state index in [1.54, 1.807) is 23.1 Å². The van der Waals surface area contributed by atoms with E-state index in [0.717, 1.165) is 35.3 Å². The summed E-state index contributed by atoms with van der Waals surface area (Å²) in [6.07, 6.45) is 1.75. The number of hydrogen-bond donors (Lipinski definition) is 0. The molecule has 0 spiro atoms. The molecule has 0 aromatic carbocycles. The third-order valence-corrected chi connectivity index (χ3v) is 6.83. The summed E-state index contributed by atoms with van der Waals surface area (Å²) in [5, 5.41) is 5.46. The van der Waals surface area contributed by atoms with Gasteiger partial charge in [0.2, 0.25) is 0 Å². The maximum absolute atomic E-state index is 12.5. The van der Waals surface area contributed by atoms with E-state index in [0.29, 0.717) is 13.1 Å². The fraction of sp³-hybridized carbons (Fsp3) is 0.625. The summed E-state index contributed by atoms with van der Waals surface area (Å²) in [6, 6.07) is 4.06. The fourth-order valence-corrected chi connectivity index (χ4v) is 4.74. The van der Waals surface area contributed by atoms with Crippen LogP contribution >= 0.6 is 0 Å². The highest BCUT2D eigenvalue weighted by Crippen LogP contribution is 2.35. The third kappa shape index (κ3) is 2.72. The van der Waals surface area contributed by atoms with E-state index in [9.17, 15) is 8.42 Å². The van der Waals surface area contributed by atoms with Crippen LogP contribution in [0, 0.1) is 6.92 Å². The minimum Gasteiger partial charge on any atom is -0.250 e. The molecule has 0 N–H and O–H groups in total. The lowest BCUT2D eigenvalue weighted by molar-refractivity contribution is 0.227. The molecule has 1 aliphatic heterocycles. The molecule has 0 bridgehead atoms. The lowest BCUT2D eigenvalue weighted by atomic mass is 9.79. The minimum absolute atomic E-state index is 0.298. The Bertz CT molecular complexity index is 874. The first-order chi connectivity index (χ1) is 11.1. The van der Waals surface area contributed by atoms with E-state index in [4.69, 9.17) is 4.98 Å². The molecule has 8 heteroatoms. The molecule has 0 aliphatic carbocycles. The second-order valence-electron chi connectivity index (χ2n) is 7.06. The number of piperidine rings is 1. The smallest absolute Gasteiger partial charge is 0.250 e. The van der Waals surface area contributed by atoms with Crippen LogP contribution in [0.1, 0.15) is 31.2 Å². The Morgan fingerprint density at radius 3 is 2.67 bits per heavy atom. The number of pyridine rings is 1. The van der Waals surface area contributed by atoms with Crippen LogP contribution in [0.5, 0.6) is 0 Å². The van der Waals surface area contributed by atoms with E-state index in [1.165, 1.54) is 4.31 Å². The van der Waals surface area contributed by atoms with Gasteiger partial charge >= 0.3 is 0 Å². The van der Waals surface area contributed by atoms with E-state index < -0.39 is 10.2 Å². The average molecular weight is 351 g/mol. The SMILES string of the molecule is Cc1nn(C)c2nc(C3(C)CCCN(S(=O)(=O)N(C)C)C3)ccc12. The van der Waals surface area contributed by atoms with Crippen molar-refractivity contribution >= 4 is 21.2 Å². The molecular formula is C16H25N5O2S. The normalized spacial score (nSPS) is 23.2.